The third-order valence-electron chi connectivity index (χ3n) is 4.15. The number of benzene rings is 2. The van der Waals surface area contributed by atoms with Gasteiger partial charge in [-0.2, -0.15) is 0 Å². The van der Waals surface area contributed by atoms with E-state index in [2.05, 4.69) is 11.9 Å². The maximum absolute atomic E-state index is 11.0. The number of carboxylic acid groups (broad SMARTS) is 1. The van der Waals surface area contributed by atoms with Crippen LogP contribution in [0.25, 0.3) is 21.9 Å². The molecule has 0 saturated carbocycles. The van der Waals surface area contributed by atoms with Crippen LogP contribution in [0.3, 0.4) is 0 Å². The molecule has 0 radical (unpaired) electrons. The summed E-state index contributed by atoms with van der Waals surface area (Å²) < 4.78 is 6.78. The van der Waals surface area contributed by atoms with Gasteiger partial charge in [-0.1, -0.05) is 37.6 Å². The van der Waals surface area contributed by atoms with Crippen molar-refractivity contribution in [3.63, 3.8) is 0 Å². The van der Waals surface area contributed by atoms with Crippen LogP contribution in [0.5, 0.6) is 5.75 Å². The van der Waals surface area contributed by atoms with Gasteiger partial charge in [0.1, 0.15) is 10.8 Å². The highest BCUT2D eigenvalue weighted by Crippen LogP contribution is 2.31. The third-order valence-corrected chi connectivity index (χ3v) is 5.27. The van der Waals surface area contributed by atoms with Gasteiger partial charge in [-0.25, -0.2) is 4.98 Å². The number of hydrogen-bond donors (Lipinski definition) is 0. The Hall–Kier alpha value is -2.66. The summed E-state index contributed by atoms with van der Waals surface area (Å²) >= 11 is 1.58. The Morgan fingerprint density at radius 1 is 1.15 bits per heavy atom. The number of carbonyl (C=O) groups excluding carboxylic acids is 1. The van der Waals surface area contributed by atoms with Crippen molar-refractivity contribution in [1.29, 1.82) is 0 Å². The molecule has 140 valence electrons. The maximum Gasteiger partial charge on any atom is 0.120 e. The molecule has 3 rings (SSSR count). The molecule has 0 spiro atoms. The van der Waals surface area contributed by atoms with Crippen LogP contribution in [0.15, 0.2) is 48.5 Å². The summed E-state index contributed by atoms with van der Waals surface area (Å²) in [5, 5.41) is 11.8. The zero-order valence-corrected chi connectivity index (χ0v) is 16.1. The number of carboxylic acids is 1. The maximum atomic E-state index is 11.0. The molecular formula is C22H22NO3S-. The Kier molecular flexibility index (Phi) is 6.60. The standard InChI is InChI=1S/C22H23NO3S/c1-2-3-14-26-18-11-8-16(9-12-18)15-17(10-13-21(24)25)22-23-19-6-4-5-7-20(19)27-22/h4-9,11-12,15H,2-3,10,13-14H2,1H3,(H,24,25)/p-1/b17-15+. The summed E-state index contributed by atoms with van der Waals surface area (Å²) in [5.74, 6) is -0.210. The summed E-state index contributed by atoms with van der Waals surface area (Å²) in [7, 11) is 0. The Morgan fingerprint density at radius 3 is 2.63 bits per heavy atom. The Morgan fingerprint density at radius 2 is 1.93 bits per heavy atom. The van der Waals surface area contributed by atoms with Crippen LogP contribution in [0.4, 0.5) is 0 Å². The van der Waals surface area contributed by atoms with Crippen LogP contribution >= 0.6 is 11.3 Å². The number of ether oxygens (including phenoxy) is 1. The van der Waals surface area contributed by atoms with Gasteiger partial charge in [0.2, 0.25) is 0 Å². The Balaban J connectivity index is 1.84. The largest absolute Gasteiger partial charge is 0.550 e. The van der Waals surface area contributed by atoms with E-state index in [9.17, 15) is 9.90 Å². The molecule has 0 fully saturated rings. The van der Waals surface area contributed by atoms with E-state index in [1.54, 1.807) is 11.3 Å². The Labute approximate surface area is 163 Å². The van der Waals surface area contributed by atoms with Crippen LogP contribution in [-0.4, -0.2) is 17.6 Å². The minimum Gasteiger partial charge on any atom is -0.550 e. The van der Waals surface area contributed by atoms with E-state index in [0.29, 0.717) is 13.0 Å². The molecular weight excluding hydrogens is 358 g/mol. The van der Waals surface area contributed by atoms with Crippen molar-refractivity contribution in [3.05, 3.63) is 59.1 Å². The lowest BCUT2D eigenvalue weighted by Gasteiger charge is -2.07. The van der Waals surface area contributed by atoms with Gasteiger partial charge < -0.3 is 14.6 Å². The number of unbranched alkanes of at least 4 members (excludes halogenated alkanes) is 1. The smallest absolute Gasteiger partial charge is 0.120 e. The van der Waals surface area contributed by atoms with E-state index < -0.39 is 5.97 Å². The van der Waals surface area contributed by atoms with E-state index in [1.807, 2.05) is 54.6 Å². The van der Waals surface area contributed by atoms with E-state index in [1.165, 1.54) is 0 Å². The summed E-state index contributed by atoms with van der Waals surface area (Å²) in [4.78, 5) is 15.6. The number of hydrogen-bond acceptors (Lipinski definition) is 5. The topological polar surface area (TPSA) is 62.2 Å². The second kappa shape index (κ2) is 9.33. The first-order valence-electron chi connectivity index (χ1n) is 9.15. The summed E-state index contributed by atoms with van der Waals surface area (Å²) in [6.07, 6.45) is 4.49. The van der Waals surface area contributed by atoms with Crippen molar-refractivity contribution in [3.8, 4) is 5.75 Å². The number of allylic oxidation sites excluding steroid dienone is 1. The number of aromatic nitrogens is 1. The minimum absolute atomic E-state index is 0.0278. The Bertz CT molecular complexity index is 895. The normalized spacial score (nSPS) is 11.7. The second-order valence-corrected chi connectivity index (χ2v) is 7.33. The van der Waals surface area contributed by atoms with E-state index in [-0.39, 0.29) is 6.42 Å². The molecule has 4 nitrogen and oxygen atoms in total. The van der Waals surface area contributed by atoms with Gasteiger partial charge in [0.25, 0.3) is 0 Å². The highest BCUT2D eigenvalue weighted by Gasteiger charge is 2.09. The third kappa shape index (κ3) is 5.41. The van der Waals surface area contributed by atoms with Gasteiger partial charge in [-0.05, 0) is 60.7 Å². The summed E-state index contributed by atoms with van der Waals surface area (Å²) in [6, 6.07) is 15.8. The quantitative estimate of drug-likeness (QED) is 0.511. The molecule has 0 atom stereocenters. The first-order valence-corrected chi connectivity index (χ1v) is 9.96. The number of nitrogens with zero attached hydrogens (tertiary/aromatic N) is 1. The molecule has 1 aromatic heterocycles. The monoisotopic (exact) mass is 380 g/mol. The van der Waals surface area contributed by atoms with Gasteiger partial charge in [-0.3, -0.25) is 0 Å². The first-order chi connectivity index (χ1) is 13.2. The predicted octanol–water partition coefficient (Wildman–Crippen LogP) is 4.55. The second-order valence-electron chi connectivity index (χ2n) is 6.30. The first kappa shape index (κ1) is 19.1. The highest BCUT2D eigenvalue weighted by atomic mass is 32.1. The zero-order valence-electron chi connectivity index (χ0n) is 15.3. The van der Waals surface area contributed by atoms with E-state index in [4.69, 9.17) is 4.74 Å². The van der Waals surface area contributed by atoms with Gasteiger partial charge in [0, 0.05) is 5.97 Å². The average Bonchev–Trinajstić information content (AvgIpc) is 3.10. The molecule has 0 aliphatic carbocycles. The lowest BCUT2D eigenvalue weighted by Crippen LogP contribution is -2.21. The van der Waals surface area contributed by atoms with E-state index >= 15 is 0 Å². The van der Waals surface area contributed by atoms with E-state index in [0.717, 1.165) is 45.0 Å². The fourth-order valence-corrected chi connectivity index (χ4v) is 3.69. The van der Waals surface area contributed by atoms with Gasteiger partial charge >= 0.3 is 0 Å². The number of carbonyl (C=O) groups is 1. The molecule has 0 aliphatic heterocycles. The molecule has 2 aromatic carbocycles. The number of para-hydroxylation sites is 1. The minimum atomic E-state index is -1.05. The lowest BCUT2D eigenvalue weighted by molar-refractivity contribution is -0.305. The molecule has 3 aromatic rings. The number of fused-ring (bicyclic) bond motifs is 1. The SMILES string of the molecule is CCCCOc1ccc(/C=C(\CCC(=O)[O-])c2nc3ccccc3s2)cc1. The number of rotatable bonds is 9. The van der Waals surface area contributed by atoms with Crippen LogP contribution in [0.1, 0.15) is 43.2 Å². The van der Waals surface area contributed by atoms with Crippen molar-refractivity contribution >= 4 is 39.2 Å². The molecule has 0 aliphatic rings. The molecule has 0 unspecified atom stereocenters. The van der Waals surface area contributed by atoms with Gasteiger partial charge in [0.05, 0.1) is 16.8 Å². The molecule has 5 heteroatoms. The number of thiazole rings is 1. The molecule has 27 heavy (non-hydrogen) atoms. The fraction of sp³-hybridized carbons (Fsp3) is 0.273. The van der Waals surface area contributed by atoms with Crippen molar-refractivity contribution in [2.24, 2.45) is 0 Å². The number of aliphatic carboxylic acids is 1. The molecule has 0 saturated heterocycles. The highest BCUT2D eigenvalue weighted by molar-refractivity contribution is 7.19. The summed E-state index contributed by atoms with van der Waals surface area (Å²) in [5.41, 5.74) is 2.82. The van der Waals surface area contributed by atoms with Crippen molar-refractivity contribution in [2.45, 2.75) is 32.6 Å². The molecule has 0 N–H and O–H groups in total. The van der Waals surface area contributed by atoms with Crippen LogP contribution < -0.4 is 9.84 Å². The van der Waals surface area contributed by atoms with Crippen LogP contribution in [0.2, 0.25) is 0 Å². The zero-order chi connectivity index (χ0) is 19.1. The molecule has 1 heterocycles. The molecule has 0 bridgehead atoms. The van der Waals surface area contributed by atoms with Crippen molar-refractivity contribution in [2.75, 3.05) is 6.61 Å². The molecule has 0 amide bonds. The van der Waals surface area contributed by atoms with Gasteiger partial charge in [0.15, 0.2) is 0 Å². The predicted molar refractivity (Wildman–Crippen MR) is 109 cm³/mol. The lowest BCUT2D eigenvalue weighted by atomic mass is 10.1. The average molecular weight is 380 g/mol. The summed E-state index contributed by atoms with van der Waals surface area (Å²) in [6.45, 7) is 2.85. The van der Waals surface area contributed by atoms with Gasteiger partial charge in [-0.15, -0.1) is 11.3 Å². The van der Waals surface area contributed by atoms with Crippen LogP contribution in [0, 0.1) is 0 Å². The van der Waals surface area contributed by atoms with Crippen LogP contribution in [-0.2, 0) is 4.79 Å². The fourth-order valence-electron chi connectivity index (χ4n) is 2.68. The van der Waals surface area contributed by atoms with Crippen molar-refractivity contribution < 1.29 is 14.6 Å². The van der Waals surface area contributed by atoms with Crippen molar-refractivity contribution in [1.82, 2.24) is 4.98 Å².